The first-order valence-corrected chi connectivity index (χ1v) is 6.29. The van der Waals surface area contributed by atoms with Crippen molar-refractivity contribution in [1.82, 2.24) is 10.3 Å². The molecule has 1 N–H and O–H groups in total. The monoisotopic (exact) mass is 298 g/mol. The smallest absolute Gasteiger partial charge is 0.309 e. The van der Waals surface area contributed by atoms with Crippen LogP contribution in [0.4, 0.5) is 17.6 Å². The predicted molar refractivity (Wildman–Crippen MR) is 71.3 cm³/mol. The number of nitrogens with zero attached hydrogens (tertiary/aromatic N) is 1. The summed E-state index contributed by atoms with van der Waals surface area (Å²) in [4.78, 5) is 3.96. The Balaban J connectivity index is 2.55. The van der Waals surface area contributed by atoms with Gasteiger partial charge in [-0.1, -0.05) is 0 Å². The van der Waals surface area contributed by atoms with Gasteiger partial charge in [0.1, 0.15) is 5.82 Å². The van der Waals surface area contributed by atoms with Crippen LogP contribution in [0.2, 0.25) is 0 Å². The number of halogens is 4. The van der Waals surface area contributed by atoms with Crippen molar-refractivity contribution in [2.75, 3.05) is 7.05 Å². The van der Waals surface area contributed by atoms with Gasteiger partial charge in [0.25, 0.3) is 0 Å². The molecule has 0 bridgehead atoms. The van der Waals surface area contributed by atoms with E-state index in [4.69, 9.17) is 0 Å². The zero-order chi connectivity index (χ0) is 15.6. The summed E-state index contributed by atoms with van der Waals surface area (Å²) in [5.41, 5.74) is 0.531. The van der Waals surface area contributed by atoms with Crippen LogP contribution in [0.1, 0.15) is 28.3 Å². The van der Waals surface area contributed by atoms with E-state index in [0.717, 1.165) is 23.8 Å². The fraction of sp³-hybridized carbons (Fsp3) is 0.267. The molecule has 0 spiro atoms. The van der Waals surface area contributed by atoms with Crippen molar-refractivity contribution in [3.05, 3.63) is 64.7 Å². The van der Waals surface area contributed by atoms with Crippen molar-refractivity contribution < 1.29 is 17.6 Å². The zero-order valence-corrected chi connectivity index (χ0v) is 11.5. The Morgan fingerprint density at radius 1 is 1.14 bits per heavy atom. The molecule has 0 aliphatic carbocycles. The van der Waals surface area contributed by atoms with E-state index in [-0.39, 0.29) is 5.56 Å². The Morgan fingerprint density at radius 2 is 1.86 bits per heavy atom. The van der Waals surface area contributed by atoms with Gasteiger partial charge in [0, 0.05) is 18.0 Å². The fourth-order valence-corrected chi connectivity index (χ4v) is 2.20. The molecule has 1 aromatic heterocycles. The molecule has 0 aliphatic heterocycles. The number of hydrogen-bond acceptors (Lipinski definition) is 2. The van der Waals surface area contributed by atoms with Crippen LogP contribution in [0.5, 0.6) is 0 Å². The quantitative estimate of drug-likeness (QED) is 0.870. The number of aromatic nitrogens is 1. The molecule has 0 amide bonds. The van der Waals surface area contributed by atoms with Gasteiger partial charge in [-0.25, -0.2) is 4.39 Å². The maximum Gasteiger partial charge on any atom is 0.416 e. The van der Waals surface area contributed by atoms with Crippen LogP contribution in [0.25, 0.3) is 0 Å². The summed E-state index contributed by atoms with van der Waals surface area (Å²) in [7, 11) is 1.57. The van der Waals surface area contributed by atoms with Crippen LogP contribution in [-0.4, -0.2) is 12.0 Å². The highest BCUT2D eigenvalue weighted by molar-refractivity contribution is 5.38. The normalized spacial score (nSPS) is 13.2. The number of hydrogen-bond donors (Lipinski definition) is 1. The lowest BCUT2D eigenvalue weighted by Gasteiger charge is -2.20. The second kappa shape index (κ2) is 5.81. The summed E-state index contributed by atoms with van der Waals surface area (Å²) in [6.07, 6.45) is -1.41. The second-order valence-electron chi connectivity index (χ2n) is 4.69. The van der Waals surface area contributed by atoms with E-state index in [0.29, 0.717) is 5.56 Å². The van der Waals surface area contributed by atoms with Crippen molar-refractivity contribution in [3.8, 4) is 0 Å². The van der Waals surface area contributed by atoms with Gasteiger partial charge in [0.15, 0.2) is 0 Å². The number of alkyl halides is 3. The van der Waals surface area contributed by atoms with Gasteiger partial charge < -0.3 is 5.32 Å². The van der Waals surface area contributed by atoms with E-state index in [1.807, 2.05) is 0 Å². The Morgan fingerprint density at radius 3 is 2.43 bits per heavy atom. The topological polar surface area (TPSA) is 24.9 Å². The van der Waals surface area contributed by atoms with Crippen molar-refractivity contribution in [2.24, 2.45) is 0 Å². The van der Waals surface area contributed by atoms with Crippen LogP contribution in [0.15, 0.2) is 36.7 Å². The Hall–Kier alpha value is -1.95. The SMILES string of the molecule is CNC(c1cnccc1C)c1cc(C(F)(F)F)ccc1F. The number of rotatable bonds is 3. The van der Waals surface area contributed by atoms with Gasteiger partial charge in [-0.05, 0) is 49.4 Å². The minimum Gasteiger partial charge on any atom is -0.309 e. The predicted octanol–water partition coefficient (Wildman–Crippen LogP) is 3.86. The minimum atomic E-state index is -4.51. The Kier molecular flexibility index (Phi) is 4.27. The molecule has 0 aliphatic rings. The van der Waals surface area contributed by atoms with E-state index in [1.54, 1.807) is 26.2 Å². The first kappa shape index (κ1) is 15.4. The summed E-state index contributed by atoms with van der Waals surface area (Å²) in [6, 6.07) is 3.45. The second-order valence-corrected chi connectivity index (χ2v) is 4.69. The molecular formula is C15H14F4N2. The molecule has 2 rings (SSSR count). The summed E-state index contributed by atoms with van der Waals surface area (Å²) in [5.74, 6) is -0.689. The van der Waals surface area contributed by atoms with Gasteiger partial charge in [-0.3, -0.25) is 4.98 Å². The molecule has 2 nitrogen and oxygen atoms in total. The summed E-state index contributed by atoms with van der Waals surface area (Å²) < 4.78 is 52.4. The summed E-state index contributed by atoms with van der Waals surface area (Å²) >= 11 is 0. The lowest BCUT2D eigenvalue weighted by molar-refractivity contribution is -0.137. The van der Waals surface area contributed by atoms with E-state index < -0.39 is 23.6 Å². The lowest BCUT2D eigenvalue weighted by Crippen LogP contribution is -2.21. The molecule has 0 fully saturated rings. The standard InChI is InChI=1S/C15H14F4N2/c1-9-5-6-21-8-12(9)14(20-2)11-7-10(15(17,18)19)3-4-13(11)16/h3-8,14,20H,1-2H3. The molecule has 112 valence electrons. The van der Waals surface area contributed by atoms with Crippen LogP contribution in [0.3, 0.4) is 0 Å². The molecule has 1 aromatic carbocycles. The lowest BCUT2D eigenvalue weighted by atomic mass is 9.95. The molecule has 21 heavy (non-hydrogen) atoms. The average molecular weight is 298 g/mol. The Labute approximate surface area is 119 Å². The molecule has 6 heteroatoms. The van der Waals surface area contributed by atoms with Crippen molar-refractivity contribution in [1.29, 1.82) is 0 Å². The van der Waals surface area contributed by atoms with Crippen molar-refractivity contribution >= 4 is 0 Å². The highest BCUT2D eigenvalue weighted by Gasteiger charge is 2.32. The van der Waals surface area contributed by atoms with Crippen LogP contribution in [0, 0.1) is 12.7 Å². The summed E-state index contributed by atoms with van der Waals surface area (Å²) in [5, 5.41) is 2.85. The van der Waals surface area contributed by atoms with Crippen molar-refractivity contribution in [3.63, 3.8) is 0 Å². The third-order valence-electron chi connectivity index (χ3n) is 3.31. The third-order valence-corrected chi connectivity index (χ3v) is 3.31. The van der Waals surface area contributed by atoms with E-state index in [2.05, 4.69) is 10.3 Å². The third kappa shape index (κ3) is 3.21. The molecule has 1 atom stereocenters. The first-order chi connectivity index (χ1) is 9.84. The number of pyridine rings is 1. The van der Waals surface area contributed by atoms with Crippen LogP contribution in [-0.2, 0) is 6.18 Å². The van der Waals surface area contributed by atoms with E-state index >= 15 is 0 Å². The number of nitrogens with one attached hydrogen (secondary N) is 1. The average Bonchev–Trinajstić information content (AvgIpc) is 2.42. The maximum atomic E-state index is 14.0. The first-order valence-electron chi connectivity index (χ1n) is 6.29. The molecule has 0 radical (unpaired) electrons. The summed E-state index contributed by atoms with van der Waals surface area (Å²) in [6.45, 7) is 1.80. The highest BCUT2D eigenvalue weighted by atomic mass is 19.4. The molecular weight excluding hydrogens is 284 g/mol. The highest BCUT2D eigenvalue weighted by Crippen LogP contribution is 2.33. The van der Waals surface area contributed by atoms with Crippen LogP contribution >= 0.6 is 0 Å². The van der Waals surface area contributed by atoms with Gasteiger partial charge in [0.2, 0.25) is 0 Å². The van der Waals surface area contributed by atoms with Crippen LogP contribution < -0.4 is 5.32 Å². The molecule has 2 aromatic rings. The van der Waals surface area contributed by atoms with E-state index in [9.17, 15) is 17.6 Å². The van der Waals surface area contributed by atoms with E-state index in [1.165, 1.54) is 6.20 Å². The van der Waals surface area contributed by atoms with Gasteiger partial charge >= 0.3 is 6.18 Å². The maximum absolute atomic E-state index is 14.0. The molecule has 1 heterocycles. The molecule has 1 unspecified atom stereocenters. The zero-order valence-electron chi connectivity index (χ0n) is 11.5. The van der Waals surface area contributed by atoms with Gasteiger partial charge in [-0.15, -0.1) is 0 Å². The van der Waals surface area contributed by atoms with Gasteiger partial charge in [-0.2, -0.15) is 13.2 Å². The van der Waals surface area contributed by atoms with Crippen molar-refractivity contribution in [2.45, 2.75) is 19.1 Å². The minimum absolute atomic E-state index is 0.0524. The fourth-order valence-electron chi connectivity index (χ4n) is 2.20. The largest absolute Gasteiger partial charge is 0.416 e. The number of aryl methyl sites for hydroxylation is 1. The van der Waals surface area contributed by atoms with Gasteiger partial charge in [0.05, 0.1) is 11.6 Å². The Bertz CT molecular complexity index is 638. The number of benzene rings is 1. The molecule has 0 saturated heterocycles. The molecule has 0 saturated carbocycles.